The predicted octanol–water partition coefficient (Wildman–Crippen LogP) is 8.17. The molecule has 1 N–H and O–H groups in total. The van der Waals surface area contributed by atoms with Gasteiger partial charge in [0.15, 0.2) is 11.0 Å². The highest BCUT2D eigenvalue weighted by Crippen LogP contribution is 2.33. The Bertz CT molecular complexity index is 1720. The van der Waals surface area contributed by atoms with E-state index in [1.807, 2.05) is 43.0 Å². The highest BCUT2D eigenvalue weighted by atomic mass is 32.2. The molecule has 3 aromatic carbocycles. The van der Waals surface area contributed by atoms with Gasteiger partial charge >= 0.3 is 12.4 Å². The zero-order valence-corrected chi connectivity index (χ0v) is 25.5. The third kappa shape index (κ3) is 8.29. The number of ether oxygens (including phenoxy) is 1. The molecule has 2 amide bonds. The number of nitrogens with zero attached hydrogens (tertiary/aromatic N) is 5. The number of amides is 2. The Hall–Kier alpha value is -4.65. The van der Waals surface area contributed by atoms with Gasteiger partial charge in [0.25, 0.3) is 0 Å². The van der Waals surface area contributed by atoms with Gasteiger partial charge in [0.05, 0.1) is 5.69 Å². The summed E-state index contributed by atoms with van der Waals surface area (Å²) in [6.07, 6.45) is -0.572. The summed E-state index contributed by atoms with van der Waals surface area (Å²) in [7, 11) is 0. The molecule has 13 heteroatoms. The number of anilines is 1. The molecule has 0 spiro atoms. The number of halogens is 4. The Morgan fingerprint density at radius 2 is 1.82 bits per heavy atom. The van der Waals surface area contributed by atoms with Crippen molar-refractivity contribution in [2.75, 3.05) is 17.2 Å². The largest absolute Gasteiger partial charge is 0.573 e. The second-order valence-electron chi connectivity index (χ2n) is 10.5. The summed E-state index contributed by atoms with van der Waals surface area (Å²) >= 11 is 1.49. The van der Waals surface area contributed by atoms with Crippen LogP contribution in [0.2, 0.25) is 0 Å². The lowest BCUT2D eigenvalue weighted by Gasteiger charge is -2.32. The first-order valence-electron chi connectivity index (χ1n) is 14.1. The lowest BCUT2D eigenvalue weighted by molar-refractivity contribution is -0.274. The molecule has 1 aliphatic heterocycles. The molecule has 0 atom stereocenters. The van der Waals surface area contributed by atoms with Gasteiger partial charge in [-0.2, -0.15) is 4.99 Å². The lowest BCUT2D eigenvalue weighted by Crippen LogP contribution is -2.36. The molecule has 5 rings (SSSR count). The van der Waals surface area contributed by atoms with Gasteiger partial charge in [-0.3, -0.25) is 0 Å². The van der Waals surface area contributed by atoms with Crippen LogP contribution in [0, 0.1) is 5.82 Å². The molecular formula is C32H30F4N6O2S. The second-order valence-corrected chi connectivity index (χ2v) is 11.6. The van der Waals surface area contributed by atoms with Gasteiger partial charge in [-0.1, -0.05) is 49.9 Å². The van der Waals surface area contributed by atoms with E-state index >= 15 is 0 Å². The van der Waals surface area contributed by atoms with Crippen molar-refractivity contribution in [1.82, 2.24) is 20.1 Å². The van der Waals surface area contributed by atoms with Crippen molar-refractivity contribution in [3.63, 3.8) is 0 Å². The number of hydrogen-bond donors (Lipinski definition) is 1. The van der Waals surface area contributed by atoms with E-state index in [4.69, 9.17) is 0 Å². The molecule has 45 heavy (non-hydrogen) atoms. The maximum Gasteiger partial charge on any atom is 0.573 e. The highest BCUT2D eigenvalue weighted by molar-refractivity contribution is 8.14. The minimum absolute atomic E-state index is 0.100. The first-order valence-corrected chi connectivity index (χ1v) is 15.1. The minimum atomic E-state index is -4.76. The van der Waals surface area contributed by atoms with E-state index in [1.54, 1.807) is 19.1 Å². The first kappa shape index (κ1) is 31.8. The Balaban J connectivity index is 1.24. The third-order valence-corrected chi connectivity index (χ3v) is 7.83. The van der Waals surface area contributed by atoms with Crippen molar-refractivity contribution >= 4 is 34.7 Å². The number of carbonyl (C=O) groups excluding carboxylic acids is 1. The number of nitrogens with one attached hydrogen (secondary N) is 1. The van der Waals surface area contributed by atoms with Crippen molar-refractivity contribution in [2.45, 2.75) is 39.5 Å². The van der Waals surface area contributed by atoms with E-state index in [0.717, 1.165) is 34.6 Å². The summed E-state index contributed by atoms with van der Waals surface area (Å²) < 4.78 is 56.6. The first-order chi connectivity index (χ1) is 21.4. The SMILES string of the molecule is C/C(=C\c1ccc(-c2ncn(-c3ccc(OC(F)(F)F)cc3)n2)cc1)NC(=O)/N=C1\SCCCN1c1ccc(F)cc1C(C)C. The fourth-order valence-electron chi connectivity index (χ4n) is 4.73. The molecular weight excluding hydrogens is 608 g/mol. The Morgan fingerprint density at radius 1 is 1.09 bits per heavy atom. The van der Waals surface area contributed by atoms with Gasteiger partial charge in [0, 0.05) is 29.2 Å². The zero-order chi connectivity index (χ0) is 32.1. The normalized spacial score (nSPS) is 15.1. The smallest absolute Gasteiger partial charge is 0.406 e. The number of benzene rings is 3. The number of aliphatic imine (C=N–C) groups is 1. The van der Waals surface area contributed by atoms with Crippen LogP contribution in [0.1, 0.15) is 44.2 Å². The maximum absolute atomic E-state index is 14.0. The van der Waals surface area contributed by atoms with Crippen LogP contribution in [-0.2, 0) is 0 Å². The number of hydrogen-bond acceptors (Lipinski definition) is 5. The summed E-state index contributed by atoms with van der Waals surface area (Å²) in [6.45, 7) is 6.46. The summed E-state index contributed by atoms with van der Waals surface area (Å²) in [5, 5.41) is 7.80. The van der Waals surface area contributed by atoms with Gasteiger partial charge < -0.3 is 15.0 Å². The van der Waals surface area contributed by atoms with Crippen molar-refractivity contribution < 1.29 is 27.1 Å². The van der Waals surface area contributed by atoms with Crippen molar-refractivity contribution in [2.24, 2.45) is 4.99 Å². The van der Waals surface area contributed by atoms with Gasteiger partial charge in [0.1, 0.15) is 17.9 Å². The van der Waals surface area contributed by atoms with Crippen LogP contribution < -0.4 is 15.0 Å². The van der Waals surface area contributed by atoms with E-state index in [9.17, 15) is 22.4 Å². The molecule has 234 valence electrons. The summed E-state index contributed by atoms with van der Waals surface area (Å²) in [4.78, 5) is 23.5. The second kappa shape index (κ2) is 13.6. The number of urea groups is 1. The number of aromatic nitrogens is 3. The van der Waals surface area contributed by atoms with Crippen LogP contribution in [0.25, 0.3) is 23.2 Å². The molecule has 0 radical (unpaired) electrons. The van der Waals surface area contributed by atoms with E-state index in [2.05, 4.69) is 25.1 Å². The van der Waals surface area contributed by atoms with Gasteiger partial charge in [-0.05, 0) is 78.9 Å². The number of carbonyl (C=O) groups is 1. The fourth-order valence-corrected chi connectivity index (χ4v) is 5.68. The van der Waals surface area contributed by atoms with E-state index in [1.165, 1.54) is 59.2 Å². The number of allylic oxidation sites excluding steroid dienone is 1. The molecule has 1 fully saturated rings. The highest BCUT2D eigenvalue weighted by Gasteiger charge is 2.31. The van der Waals surface area contributed by atoms with Gasteiger partial charge in [0.2, 0.25) is 0 Å². The Kier molecular flexibility index (Phi) is 9.57. The summed E-state index contributed by atoms with van der Waals surface area (Å²) in [6, 6.07) is 16.9. The quantitative estimate of drug-likeness (QED) is 0.206. The van der Waals surface area contributed by atoms with Gasteiger partial charge in [-0.15, -0.1) is 18.3 Å². The molecule has 0 saturated carbocycles. The Morgan fingerprint density at radius 3 is 2.51 bits per heavy atom. The van der Waals surface area contributed by atoms with Crippen LogP contribution >= 0.6 is 11.8 Å². The van der Waals surface area contributed by atoms with E-state index < -0.39 is 12.4 Å². The van der Waals surface area contributed by atoms with Crippen LogP contribution in [0.3, 0.4) is 0 Å². The molecule has 1 aromatic heterocycles. The third-order valence-electron chi connectivity index (χ3n) is 6.77. The van der Waals surface area contributed by atoms with Gasteiger partial charge in [-0.25, -0.2) is 18.9 Å². The number of rotatable bonds is 7. The average molecular weight is 639 g/mol. The molecule has 0 aliphatic carbocycles. The molecule has 4 aromatic rings. The predicted molar refractivity (Wildman–Crippen MR) is 168 cm³/mol. The Labute approximate surface area is 261 Å². The maximum atomic E-state index is 14.0. The lowest BCUT2D eigenvalue weighted by atomic mass is 10.00. The molecule has 0 bridgehead atoms. The van der Waals surface area contributed by atoms with Crippen LogP contribution in [0.4, 0.5) is 28.0 Å². The summed E-state index contributed by atoms with van der Waals surface area (Å²) in [5.74, 6) is 0.740. The topological polar surface area (TPSA) is 84.6 Å². The molecule has 8 nitrogen and oxygen atoms in total. The van der Waals surface area contributed by atoms with Crippen LogP contribution in [0.15, 0.2) is 83.7 Å². The molecule has 1 aliphatic rings. The zero-order valence-electron chi connectivity index (χ0n) is 24.7. The minimum Gasteiger partial charge on any atom is -0.406 e. The number of alkyl halides is 3. The van der Waals surface area contributed by atoms with Crippen molar-refractivity contribution in [3.05, 3.63) is 95.7 Å². The van der Waals surface area contributed by atoms with Crippen molar-refractivity contribution in [3.8, 4) is 22.8 Å². The molecule has 0 unspecified atom stereocenters. The molecule has 2 heterocycles. The van der Waals surface area contributed by atoms with Crippen molar-refractivity contribution in [1.29, 1.82) is 0 Å². The number of thioether (sulfide) groups is 1. The fraction of sp³-hybridized carbons (Fsp3) is 0.250. The molecule has 1 saturated heterocycles. The monoisotopic (exact) mass is 638 g/mol. The van der Waals surface area contributed by atoms with E-state index in [-0.39, 0.29) is 17.5 Å². The van der Waals surface area contributed by atoms with E-state index in [0.29, 0.717) is 28.9 Å². The van der Waals surface area contributed by atoms with Crippen LogP contribution in [0.5, 0.6) is 5.75 Å². The number of amidine groups is 1. The average Bonchev–Trinajstić information content (AvgIpc) is 3.48. The standard InChI is InChI=1S/C32H30F4N6O2S/c1-20(2)27-18-24(33)9-14-28(27)41-15-4-16-45-31(41)39-30(43)38-21(3)17-22-5-7-23(8-6-22)29-37-19-42(40-29)25-10-12-26(13-11-25)44-32(34,35)36/h5-14,17-20H,4,15-16H2,1-3H3,(H,38,43)/b21-17+,39-31-. The summed E-state index contributed by atoms with van der Waals surface area (Å²) in [5.41, 5.74) is 4.38. The van der Waals surface area contributed by atoms with Crippen LogP contribution in [-0.4, -0.2) is 44.6 Å².